The van der Waals surface area contributed by atoms with E-state index in [1.807, 2.05) is 0 Å². The molecule has 1 aliphatic heterocycles. The minimum absolute atomic E-state index is 0.540. The van der Waals surface area contributed by atoms with Crippen molar-refractivity contribution in [1.29, 1.82) is 0 Å². The molecule has 2 N–H and O–H groups in total. The van der Waals surface area contributed by atoms with Crippen LogP contribution in [0.2, 0.25) is 0 Å². The van der Waals surface area contributed by atoms with E-state index in [9.17, 15) is 0 Å². The molecule has 0 aromatic carbocycles. The van der Waals surface area contributed by atoms with Crippen LogP contribution >= 0.6 is 0 Å². The molecule has 1 unspecified atom stereocenters. The summed E-state index contributed by atoms with van der Waals surface area (Å²) in [5, 5.41) is 0. The molecule has 1 atom stereocenters. The van der Waals surface area contributed by atoms with Crippen molar-refractivity contribution in [1.82, 2.24) is 9.80 Å². The summed E-state index contributed by atoms with van der Waals surface area (Å²) in [6, 6.07) is 1.27. The highest BCUT2D eigenvalue weighted by atomic mass is 15.2. The van der Waals surface area contributed by atoms with Crippen LogP contribution < -0.4 is 5.73 Å². The Labute approximate surface area is 94.6 Å². The molecule has 0 saturated carbocycles. The first kappa shape index (κ1) is 12.9. The minimum Gasteiger partial charge on any atom is -0.329 e. The lowest BCUT2D eigenvalue weighted by Gasteiger charge is -2.40. The lowest BCUT2D eigenvalue weighted by molar-refractivity contribution is 0.0893. The SMILES string of the molecule is CC(C)C(CN)N(C)C1CCN(C)CC1. The van der Waals surface area contributed by atoms with E-state index >= 15 is 0 Å². The molecule has 0 amide bonds. The number of nitrogens with two attached hydrogens (primary N) is 1. The van der Waals surface area contributed by atoms with E-state index < -0.39 is 0 Å². The fourth-order valence-electron chi connectivity index (χ4n) is 2.58. The average Bonchev–Trinajstić information content (AvgIpc) is 2.19. The summed E-state index contributed by atoms with van der Waals surface area (Å²) in [6.07, 6.45) is 2.58. The number of hydrogen-bond donors (Lipinski definition) is 1. The summed E-state index contributed by atoms with van der Waals surface area (Å²) in [5.41, 5.74) is 5.86. The summed E-state index contributed by atoms with van der Waals surface area (Å²) in [5.74, 6) is 0.652. The Balaban J connectivity index is 2.47. The van der Waals surface area contributed by atoms with Gasteiger partial charge in [-0.25, -0.2) is 0 Å². The Bertz CT molecular complexity index is 174. The predicted octanol–water partition coefficient (Wildman–Crippen LogP) is 0.996. The largest absolute Gasteiger partial charge is 0.329 e. The third-order valence-electron chi connectivity index (χ3n) is 3.80. The highest BCUT2D eigenvalue weighted by molar-refractivity contribution is 4.83. The third kappa shape index (κ3) is 3.44. The zero-order valence-corrected chi connectivity index (χ0v) is 10.7. The molecule has 1 aliphatic rings. The maximum Gasteiger partial charge on any atom is 0.0241 e. The van der Waals surface area contributed by atoms with Gasteiger partial charge in [-0.2, -0.15) is 0 Å². The number of likely N-dealkylation sites (N-methyl/N-ethyl adjacent to an activating group) is 1. The van der Waals surface area contributed by atoms with Gasteiger partial charge in [0.1, 0.15) is 0 Å². The molecule has 1 saturated heterocycles. The van der Waals surface area contributed by atoms with Gasteiger partial charge in [0.2, 0.25) is 0 Å². The van der Waals surface area contributed by atoms with E-state index in [4.69, 9.17) is 5.73 Å². The maximum absolute atomic E-state index is 5.86. The first-order chi connectivity index (χ1) is 7.06. The topological polar surface area (TPSA) is 32.5 Å². The lowest BCUT2D eigenvalue weighted by atomic mass is 9.97. The van der Waals surface area contributed by atoms with Crippen LogP contribution in [0, 0.1) is 5.92 Å². The van der Waals surface area contributed by atoms with Crippen LogP contribution in [0.25, 0.3) is 0 Å². The molecule has 1 rings (SSSR count). The fourth-order valence-corrected chi connectivity index (χ4v) is 2.58. The highest BCUT2D eigenvalue weighted by Crippen LogP contribution is 2.19. The van der Waals surface area contributed by atoms with Gasteiger partial charge in [0.15, 0.2) is 0 Å². The molecular formula is C12H27N3. The van der Waals surface area contributed by atoms with Gasteiger partial charge < -0.3 is 10.6 Å². The molecule has 0 aliphatic carbocycles. The average molecular weight is 213 g/mol. The number of likely N-dealkylation sites (tertiary alicyclic amines) is 1. The smallest absolute Gasteiger partial charge is 0.0241 e. The van der Waals surface area contributed by atoms with Crippen molar-refractivity contribution >= 4 is 0 Å². The van der Waals surface area contributed by atoms with Crippen LogP contribution in [-0.4, -0.2) is 55.6 Å². The van der Waals surface area contributed by atoms with Crippen LogP contribution in [0.15, 0.2) is 0 Å². The Morgan fingerprint density at radius 1 is 1.33 bits per heavy atom. The van der Waals surface area contributed by atoms with Crippen LogP contribution in [0.3, 0.4) is 0 Å². The molecule has 90 valence electrons. The van der Waals surface area contributed by atoms with Crippen LogP contribution in [-0.2, 0) is 0 Å². The quantitative estimate of drug-likeness (QED) is 0.756. The summed E-state index contributed by atoms with van der Waals surface area (Å²) in [6.45, 7) is 7.77. The molecule has 3 nitrogen and oxygen atoms in total. The molecule has 0 radical (unpaired) electrons. The molecule has 3 heteroatoms. The first-order valence-electron chi connectivity index (χ1n) is 6.16. The van der Waals surface area contributed by atoms with Crippen molar-refractivity contribution < 1.29 is 0 Å². The summed E-state index contributed by atoms with van der Waals surface area (Å²) in [7, 11) is 4.45. The summed E-state index contributed by atoms with van der Waals surface area (Å²) < 4.78 is 0. The lowest BCUT2D eigenvalue weighted by Crippen LogP contribution is -2.50. The Hall–Kier alpha value is -0.120. The summed E-state index contributed by atoms with van der Waals surface area (Å²) in [4.78, 5) is 4.93. The van der Waals surface area contributed by atoms with Crippen molar-refractivity contribution in [2.45, 2.75) is 38.8 Å². The van der Waals surface area contributed by atoms with Crippen molar-refractivity contribution in [2.75, 3.05) is 33.7 Å². The van der Waals surface area contributed by atoms with E-state index in [0.717, 1.165) is 12.6 Å². The van der Waals surface area contributed by atoms with Crippen LogP contribution in [0.5, 0.6) is 0 Å². The molecule has 0 aromatic heterocycles. The highest BCUT2D eigenvalue weighted by Gasteiger charge is 2.26. The van der Waals surface area contributed by atoms with Gasteiger partial charge in [-0.1, -0.05) is 13.8 Å². The van der Waals surface area contributed by atoms with E-state index in [1.165, 1.54) is 25.9 Å². The third-order valence-corrected chi connectivity index (χ3v) is 3.80. The molecule has 0 spiro atoms. The van der Waals surface area contributed by atoms with Crippen molar-refractivity contribution in [3.05, 3.63) is 0 Å². The normalized spacial score (nSPS) is 22.6. The van der Waals surface area contributed by atoms with E-state index in [1.54, 1.807) is 0 Å². The second kappa shape index (κ2) is 5.83. The van der Waals surface area contributed by atoms with Gasteiger partial charge in [-0.3, -0.25) is 4.90 Å². The van der Waals surface area contributed by atoms with Crippen LogP contribution in [0.1, 0.15) is 26.7 Å². The molecule has 0 bridgehead atoms. The Kier molecular flexibility index (Phi) is 5.03. The number of nitrogens with zero attached hydrogens (tertiary/aromatic N) is 2. The zero-order valence-electron chi connectivity index (χ0n) is 10.7. The van der Waals surface area contributed by atoms with Crippen molar-refractivity contribution in [3.63, 3.8) is 0 Å². The molecule has 1 fully saturated rings. The number of hydrogen-bond acceptors (Lipinski definition) is 3. The first-order valence-corrected chi connectivity index (χ1v) is 6.16. The van der Waals surface area contributed by atoms with Crippen molar-refractivity contribution in [2.24, 2.45) is 11.7 Å². The number of piperidine rings is 1. The minimum atomic E-state index is 0.540. The van der Waals surface area contributed by atoms with Gasteiger partial charge in [-0.15, -0.1) is 0 Å². The van der Waals surface area contributed by atoms with E-state index in [-0.39, 0.29) is 0 Å². The molecule has 0 aromatic rings. The molecular weight excluding hydrogens is 186 g/mol. The molecule has 1 heterocycles. The van der Waals surface area contributed by atoms with Gasteiger partial charge in [0.05, 0.1) is 0 Å². The van der Waals surface area contributed by atoms with E-state index in [0.29, 0.717) is 12.0 Å². The monoisotopic (exact) mass is 213 g/mol. The zero-order chi connectivity index (χ0) is 11.4. The standard InChI is InChI=1S/C12H27N3/c1-10(2)12(9-13)15(4)11-5-7-14(3)8-6-11/h10-12H,5-9,13H2,1-4H3. The Morgan fingerprint density at radius 2 is 1.87 bits per heavy atom. The van der Waals surface area contributed by atoms with Gasteiger partial charge in [0, 0.05) is 18.6 Å². The second-order valence-corrected chi connectivity index (χ2v) is 5.25. The predicted molar refractivity (Wildman–Crippen MR) is 66.0 cm³/mol. The maximum atomic E-state index is 5.86. The van der Waals surface area contributed by atoms with Gasteiger partial charge >= 0.3 is 0 Å². The Morgan fingerprint density at radius 3 is 2.27 bits per heavy atom. The molecule has 15 heavy (non-hydrogen) atoms. The second-order valence-electron chi connectivity index (χ2n) is 5.25. The fraction of sp³-hybridized carbons (Fsp3) is 1.00. The van der Waals surface area contributed by atoms with Gasteiger partial charge in [0.25, 0.3) is 0 Å². The van der Waals surface area contributed by atoms with E-state index in [2.05, 4.69) is 37.7 Å². The van der Waals surface area contributed by atoms with Gasteiger partial charge in [-0.05, 0) is 45.9 Å². The number of rotatable bonds is 4. The van der Waals surface area contributed by atoms with Crippen molar-refractivity contribution in [3.8, 4) is 0 Å². The van der Waals surface area contributed by atoms with Crippen LogP contribution in [0.4, 0.5) is 0 Å². The summed E-state index contributed by atoms with van der Waals surface area (Å²) >= 11 is 0.